The van der Waals surface area contributed by atoms with Gasteiger partial charge in [0, 0.05) is 19.1 Å². The fraction of sp³-hybridized carbons (Fsp3) is 0.400. The van der Waals surface area contributed by atoms with Crippen molar-refractivity contribution in [1.82, 2.24) is 10.2 Å². The van der Waals surface area contributed by atoms with Gasteiger partial charge in [-0.1, -0.05) is 23.6 Å². The molecular formula is C10H9F3N2OS. The molecule has 1 heterocycles. The minimum atomic E-state index is -4.48. The fourth-order valence-electron chi connectivity index (χ4n) is 1.00. The van der Waals surface area contributed by atoms with Gasteiger partial charge in [0.2, 0.25) is 0 Å². The number of nitrogens with one attached hydrogen (secondary N) is 1. The first-order valence-corrected chi connectivity index (χ1v) is 5.62. The molecule has 1 aromatic heterocycles. The van der Waals surface area contributed by atoms with Crippen molar-refractivity contribution in [3.8, 4) is 11.8 Å². The Kier molecular flexibility index (Phi) is 4.63. The van der Waals surface area contributed by atoms with Crippen LogP contribution in [0.5, 0.6) is 0 Å². The molecule has 0 spiro atoms. The number of hydrogen-bond acceptors (Lipinski definition) is 3. The predicted octanol–water partition coefficient (Wildman–Crippen LogP) is 2.45. The lowest BCUT2D eigenvalue weighted by Crippen LogP contribution is -2.07. The van der Waals surface area contributed by atoms with E-state index in [4.69, 9.17) is 0 Å². The van der Waals surface area contributed by atoms with Crippen molar-refractivity contribution in [3.63, 3.8) is 0 Å². The highest BCUT2D eigenvalue weighted by Crippen LogP contribution is 2.29. The summed E-state index contributed by atoms with van der Waals surface area (Å²) < 4.78 is 37.1. The number of rotatable bonds is 2. The summed E-state index contributed by atoms with van der Waals surface area (Å²) in [6, 6.07) is 0. The van der Waals surface area contributed by atoms with E-state index in [1.54, 1.807) is 0 Å². The maximum atomic E-state index is 12.4. The van der Waals surface area contributed by atoms with E-state index in [0.717, 1.165) is 18.0 Å². The van der Waals surface area contributed by atoms with E-state index in [0.29, 0.717) is 12.2 Å². The Morgan fingerprint density at radius 3 is 2.88 bits per heavy atom. The van der Waals surface area contributed by atoms with Crippen molar-refractivity contribution in [2.45, 2.75) is 19.5 Å². The summed E-state index contributed by atoms with van der Waals surface area (Å²) in [4.78, 5) is 10.6. The lowest BCUT2D eigenvalue weighted by Gasteiger charge is -2.02. The Balaban J connectivity index is 2.61. The molecule has 0 aliphatic heterocycles. The average molecular weight is 262 g/mol. The Hall–Kier alpha value is -1.42. The Bertz CT molecular complexity index is 456. The molecular weight excluding hydrogens is 253 g/mol. The molecule has 0 aliphatic carbocycles. The molecule has 0 bridgehead atoms. The number of halogens is 3. The highest BCUT2D eigenvalue weighted by atomic mass is 32.2. The number of aromatic nitrogens is 2. The standard InChI is InChI=1S/C10H9F3N2OS/c1-7(16)17-5-3-2-4-8-6-14-15-9(8)10(11,12)13/h6H,3,5H2,1H3,(H,14,15). The maximum absolute atomic E-state index is 12.4. The van der Waals surface area contributed by atoms with Crippen LogP contribution in [0.3, 0.4) is 0 Å². The van der Waals surface area contributed by atoms with E-state index in [9.17, 15) is 18.0 Å². The lowest BCUT2D eigenvalue weighted by atomic mass is 10.2. The highest BCUT2D eigenvalue weighted by molar-refractivity contribution is 8.13. The van der Waals surface area contributed by atoms with E-state index < -0.39 is 11.9 Å². The van der Waals surface area contributed by atoms with Crippen LogP contribution in [0, 0.1) is 11.8 Å². The van der Waals surface area contributed by atoms with Gasteiger partial charge in [-0.2, -0.15) is 18.3 Å². The summed E-state index contributed by atoms with van der Waals surface area (Å²) >= 11 is 1.09. The Morgan fingerprint density at radius 2 is 2.29 bits per heavy atom. The predicted molar refractivity (Wildman–Crippen MR) is 58.2 cm³/mol. The molecule has 3 nitrogen and oxygen atoms in total. The second-order valence-electron chi connectivity index (χ2n) is 3.05. The van der Waals surface area contributed by atoms with E-state index in [2.05, 4.69) is 16.9 Å². The molecule has 1 N–H and O–H groups in total. The van der Waals surface area contributed by atoms with Crippen LogP contribution in [0.4, 0.5) is 13.2 Å². The molecule has 1 rings (SSSR count). The van der Waals surface area contributed by atoms with Crippen molar-refractivity contribution in [2.75, 3.05) is 5.75 Å². The van der Waals surface area contributed by atoms with E-state index in [1.807, 2.05) is 5.10 Å². The normalized spacial score (nSPS) is 10.8. The lowest BCUT2D eigenvalue weighted by molar-refractivity contribution is -0.141. The van der Waals surface area contributed by atoms with Crippen LogP contribution in [-0.2, 0) is 11.0 Å². The van der Waals surface area contributed by atoms with Crippen molar-refractivity contribution in [2.24, 2.45) is 0 Å². The van der Waals surface area contributed by atoms with Crippen LogP contribution >= 0.6 is 11.8 Å². The minimum absolute atomic E-state index is 0.0360. The largest absolute Gasteiger partial charge is 0.434 e. The van der Waals surface area contributed by atoms with Gasteiger partial charge in [-0.3, -0.25) is 9.89 Å². The Morgan fingerprint density at radius 1 is 1.59 bits per heavy atom. The summed E-state index contributed by atoms with van der Waals surface area (Å²) in [7, 11) is 0. The van der Waals surface area contributed by atoms with Crippen molar-refractivity contribution in [1.29, 1.82) is 0 Å². The van der Waals surface area contributed by atoms with Crippen LogP contribution < -0.4 is 0 Å². The summed E-state index contributed by atoms with van der Waals surface area (Å²) in [5.74, 6) is 5.43. The third-order valence-electron chi connectivity index (χ3n) is 1.68. The van der Waals surface area contributed by atoms with Crippen LogP contribution in [0.25, 0.3) is 0 Å². The van der Waals surface area contributed by atoms with Gasteiger partial charge < -0.3 is 0 Å². The van der Waals surface area contributed by atoms with Crippen molar-refractivity contribution in [3.05, 3.63) is 17.5 Å². The second-order valence-corrected chi connectivity index (χ2v) is 4.32. The van der Waals surface area contributed by atoms with Gasteiger partial charge in [0.05, 0.1) is 11.8 Å². The van der Waals surface area contributed by atoms with Crippen molar-refractivity contribution < 1.29 is 18.0 Å². The first kappa shape index (κ1) is 13.6. The molecule has 1 aromatic rings. The Labute approximate surface area is 100 Å². The molecule has 7 heteroatoms. The molecule has 0 saturated heterocycles. The van der Waals surface area contributed by atoms with Crippen molar-refractivity contribution >= 4 is 16.9 Å². The third kappa shape index (κ3) is 4.53. The molecule has 92 valence electrons. The molecule has 0 amide bonds. The summed E-state index contributed by atoms with van der Waals surface area (Å²) in [6.07, 6.45) is -3.09. The number of carbonyl (C=O) groups excluding carboxylic acids is 1. The van der Waals surface area contributed by atoms with Crippen LogP contribution in [0.15, 0.2) is 6.20 Å². The minimum Gasteiger partial charge on any atom is -0.288 e. The van der Waals surface area contributed by atoms with E-state index in [-0.39, 0.29) is 10.7 Å². The molecule has 0 atom stereocenters. The van der Waals surface area contributed by atoms with Gasteiger partial charge in [0.25, 0.3) is 0 Å². The monoisotopic (exact) mass is 262 g/mol. The second kappa shape index (κ2) is 5.77. The SMILES string of the molecule is CC(=O)SCCC#Cc1cn[nH]c1C(F)(F)F. The summed E-state index contributed by atoms with van der Waals surface area (Å²) in [5.41, 5.74) is -1.12. The molecule has 0 saturated carbocycles. The van der Waals surface area contributed by atoms with Crippen LogP contribution in [-0.4, -0.2) is 21.1 Å². The van der Waals surface area contributed by atoms with Gasteiger partial charge in [-0.25, -0.2) is 0 Å². The molecule has 17 heavy (non-hydrogen) atoms. The molecule has 0 radical (unpaired) electrons. The first-order valence-electron chi connectivity index (χ1n) is 4.64. The average Bonchev–Trinajstić information content (AvgIpc) is 2.64. The summed E-state index contributed by atoms with van der Waals surface area (Å²) in [5, 5.41) is 5.14. The molecule has 0 unspecified atom stereocenters. The number of aromatic amines is 1. The quantitative estimate of drug-likeness (QED) is 0.657. The van der Waals surface area contributed by atoms with Crippen LogP contribution in [0.2, 0.25) is 0 Å². The van der Waals surface area contributed by atoms with E-state index >= 15 is 0 Å². The van der Waals surface area contributed by atoms with Gasteiger partial charge in [0.1, 0.15) is 0 Å². The number of hydrogen-bond donors (Lipinski definition) is 1. The molecule has 0 aromatic carbocycles. The zero-order chi connectivity index (χ0) is 12.9. The topological polar surface area (TPSA) is 45.8 Å². The zero-order valence-corrected chi connectivity index (χ0v) is 9.71. The number of carbonyl (C=O) groups is 1. The number of H-pyrrole nitrogens is 1. The molecule has 0 aliphatic rings. The zero-order valence-electron chi connectivity index (χ0n) is 8.89. The van der Waals surface area contributed by atoms with Gasteiger partial charge in [-0.15, -0.1) is 0 Å². The first-order chi connectivity index (χ1) is 7.91. The smallest absolute Gasteiger partial charge is 0.288 e. The number of nitrogens with zero attached hydrogens (tertiary/aromatic N) is 1. The highest BCUT2D eigenvalue weighted by Gasteiger charge is 2.35. The number of thioether (sulfide) groups is 1. The maximum Gasteiger partial charge on any atom is 0.434 e. The third-order valence-corrected chi connectivity index (χ3v) is 2.49. The van der Waals surface area contributed by atoms with Gasteiger partial charge in [-0.05, 0) is 0 Å². The van der Waals surface area contributed by atoms with Gasteiger partial charge in [0.15, 0.2) is 10.8 Å². The number of alkyl halides is 3. The van der Waals surface area contributed by atoms with Crippen LogP contribution in [0.1, 0.15) is 24.6 Å². The molecule has 0 fully saturated rings. The van der Waals surface area contributed by atoms with E-state index in [1.165, 1.54) is 6.92 Å². The summed E-state index contributed by atoms with van der Waals surface area (Å²) in [6.45, 7) is 1.43. The van der Waals surface area contributed by atoms with Gasteiger partial charge >= 0.3 is 6.18 Å². The fourth-order valence-corrected chi connectivity index (χ4v) is 1.49.